The minimum absolute atomic E-state index is 0.0101. The first-order chi connectivity index (χ1) is 13.5. The second-order valence-corrected chi connectivity index (χ2v) is 9.14. The lowest BCUT2D eigenvalue weighted by Gasteiger charge is -2.17. The molecule has 0 spiro atoms. The van der Waals surface area contributed by atoms with Gasteiger partial charge in [0.05, 0.1) is 11.5 Å². The summed E-state index contributed by atoms with van der Waals surface area (Å²) in [6.07, 6.45) is 0. The van der Waals surface area contributed by atoms with E-state index in [1.165, 1.54) is 11.3 Å². The summed E-state index contributed by atoms with van der Waals surface area (Å²) in [5.41, 5.74) is 0.450. The molecule has 3 aromatic rings. The number of sulfone groups is 1. The molecule has 0 saturated heterocycles. The first-order valence-electron chi connectivity index (χ1n) is 8.85. The molecule has 3 rings (SSSR count). The van der Waals surface area contributed by atoms with Crippen LogP contribution >= 0.6 is 11.3 Å². The van der Waals surface area contributed by atoms with Crippen LogP contribution in [0.2, 0.25) is 0 Å². The monoisotopic (exact) mass is 415 g/mol. The standard InChI is InChI=1S/C21H21NO4S2/c1-2-26-17-12-10-16(11-13-17)21(23)22-15-20(19-9-6-14-27-19)28(24,25)18-7-4-3-5-8-18/h3-14,20H,2,15H2,1H3,(H,22,23)/t20-/m1/s1. The summed E-state index contributed by atoms with van der Waals surface area (Å²) in [5, 5.41) is 3.75. The van der Waals surface area contributed by atoms with Gasteiger partial charge in [0.25, 0.3) is 5.91 Å². The van der Waals surface area contributed by atoms with Crippen LogP contribution in [0.5, 0.6) is 5.75 Å². The lowest BCUT2D eigenvalue weighted by Crippen LogP contribution is -2.31. The predicted octanol–water partition coefficient (Wildman–Crippen LogP) is 4.09. The molecule has 7 heteroatoms. The maximum Gasteiger partial charge on any atom is 0.251 e. The molecule has 1 aromatic heterocycles. The number of carbonyl (C=O) groups is 1. The largest absolute Gasteiger partial charge is 0.494 e. The van der Waals surface area contributed by atoms with Gasteiger partial charge in [0.2, 0.25) is 0 Å². The van der Waals surface area contributed by atoms with E-state index >= 15 is 0 Å². The number of carbonyl (C=O) groups excluding carboxylic acids is 1. The molecular formula is C21H21NO4S2. The predicted molar refractivity (Wildman–Crippen MR) is 111 cm³/mol. The molecule has 1 N–H and O–H groups in total. The smallest absolute Gasteiger partial charge is 0.251 e. The van der Waals surface area contributed by atoms with Crippen molar-refractivity contribution in [3.8, 4) is 5.75 Å². The molecular weight excluding hydrogens is 394 g/mol. The van der Waals surface area contributed by atoms with Crippen LogP contribution in [0.1, 0.15) is 27.4 Å². The summed E-state index contributed by atoms with van der Waals surface area (Å²) in [4.78, 5) is 13.4. The summed E-state index contributed by atoms with van der Waals surface area (Å²) < 4.78 is 31.6. The molecule has 1 atom stereocenters. The van der Waals surface area contributed by atoms with E-state index in [-0.39, 0.29) is 17.3 Å². The molecule has 0 radical (unpaired) electrons. The van der Waals surface area contributed by atoms with Crippen molar-refractivity contribution in [2.75, 3.05) is 13.2 Å². The third-order valence-electron chi connectivity index (χ3n) is 4.18. The molecule has 28 heavy (non-hydrogen) atoms. The Balaban J connectivity index is 1.78. The Morgan fingerprint density at radius 2 is 1.75 bits per heavy atom. The maximum absolute atomic E-state index is 13.1. The van der Waals surface area contributed by atoms with Crippen LogP contribution in [0, 0.1) is 0 Å². The first-order valence-corrected chi connectivity index (χ1v) is 11.3. The second kappa shape index (κ2) is 9.03. The van der Waals surface area contributed by atoms with Crippen molar-refractivity contribution in [1.82, 2.24) is 5.32 Å². The number of ether oxygens (including phenoxy) is 1. The number of benzene rings is 2. The van der Waals surface area contributed by atoms with E-state index in [0.717, 1.165) is 0 Å². The Labute approximate surface area is 168 Å². The molecule has 1 heterocycles. The van der Waals surface area contributed by atoms with E-state index in [9.17, 15) is 13.2 Å². The van der Waals surface area contributed by atoms with Gasteiger partial charge in [-0.2, -0.15) is 0 Å². The first kappa shape index (κ1) is 20.1. The molecule has 0 aliphatic rings. The topological polar surface area (TPSA) is 72.5 Å². The Bertz CT molecular complexity index is 998. The summed E-state index contributed by atoms with van der Waals surface area (Å²) >= 11 is 1.36. The van der Waals surface area contributed by atoms with Gasteiger partial charge in [0.15, 0.2) is 9.84 Å². The zero-order chi connectivity index (χ0) is 20.0. The number of hydrogen-bond donors (Lipinski definition) is 1. The summed E-state index contributed by atoms with van der Waals surface area (Å²) in [5.74, 6) is 0.357. The number of rotatable bonds is 8. The minimum Gasteiger partial charge on any atom is -0.494 e. The van der Waals surface area contributed by atoms with Gasteiger partial charge in [-0.15, -0.1) is 11.3 Å². The molecule has 0 saturated carbocycles. The van der Waals surface area contributed by atoms with Crippen LogP contribution in [0.3, 0.4) is 0 Å². The maximum atomic E-state index is 13.1. The quantitative estimate of drug-likeness (QED) is 0.601. The van der Waals surface area contributed by atoms with Crippen LogP contribution in [0.25, 0.3) is 0 Å². The van der Waals surface area contributed by atoms with Crippen LogP contribution in [0.15, 0.2) is 77.0 Å². The number of amides is 1. The van der Waals surface area contributed by atoms with Gasteiger partial charge < -0.3 is 10.1 Å². The molecule has 0 aliphatic heterocycles. The average molecular weight is 416 g/mol. The Hall–Kier alpha value is -2.64. The summed E-state index contributed by atoms with van der Waals surface area (Å²) in [7, 11) is -3.64. The van der Waals surface area contributed by atoms with Gasteiger partial charge in [0.1, 0.15) is 11.0 Å². The molecule has 1 amide bonds. The Kier molecular flexibility index (Phi) is 6.49. The van der Waals surface area contributed by atoms with Crippen molar-refractivity contribution < 1.29 is 17.9 Å². The number of thiophene rings is 1. The molecule has 0 aliphatic carbocycles. The van der Waals surface area contributed by atoms with Gasteiger partial charge in [-0.25, -0.2) is 8.42 Å². The highest BCUT2D eigenvalue weighted by molar-refractivity contribution is 7.91. The van der Waals surface area contributed by atoms with E-state index in [1.54, 1.807) is 60.7 Å². The highest BCUT2D eigenvalue weighted by atomic mass is 32.2. The van der Waals surface area contributed by atoms with Crippen molar-refractivity contribution in [2.24, 2.45) is 0 Å². The SMILES string of the molecule is CCOc1ccc(C(=O)NC[C@H](c2cccs2)S(=O)(=O)c2ccccc2)cc1. The molecule has 0 fully saturated rings. The van der Waals surface area contributed by atoms with Crippen molar-refractivity contribution in [1.29, 1.82) is 0 Å². The van der Waals surface area contributed by atoms with Crippen molar-refractivity contribution in [3.05, 3.63) is 82.6 Å². The van der Waals surface area contributed by atoms with Crippen molar-refractivity contribution >= 4 is 27.1 Å². The number of nitrogens with one attached hydrogen (secondary N) is 1. The van der Waals surface area contributed by atoms with Crippen LogP contribution in [0.4, 0.5) is 0 Å². The fourth-order valence-corrected chi connectivity index (χ4v) is 5.57. The van der Waals surface area contributed by atoms with Gasteiger partial charge in [-0.05, 0) is 54.8 Å². The fourth-order valence-electron chi connectivity index (χ4n) is 2.77. The van der Waals surface area contributed by atoms with Gasteiger partial charge in [0, 0.05) is 17.0 Å². The average Bonchev–Trinajstić information content (AvgIpc) is 3.23. The zero-order valence-electron chi connectivity index (χ0n) is 15.4. The van der Waals surface area contributed by atoms with Crippen LogP contribution in [-0.4, -0.2) is 27.5 Å². The minimum atomic E-state index is -3.64. The van der Waals surface area contributed by atoms with Crippen LogP contribution < -0.4 is 10.1 Å². The van der Waals surface area contributed by atoms with Crippen LogP contribution in [-0.2, 0) is 9.84 Å². The highest BCUT2D eigenvalue weighted by Gasteiger charge is 2.30. The van der Waals surface area contributed by atoms with Gasteiger partial charge in [-0.3, -0.25) is 4.79 Å². The molecule has 146 valence electrons. The van der Waals surface area contributed by atoms with Crippen molar-refractivity contribution in [3.63, 3.8) is 0 Å². The summed E-state index contributed by atoms with van der Waals surface area (Å²) in [6.45, 7) is 2.42. The lowest BCUT2D eigenvalue weighted by molar-refractivity contribution is 0.0953. The molecule has 0 bridgehead atoms. The van der Waals surface area contributed by atoms with E-state index in [2.05, 4.69) is 5.32 Å². The van der Waals surface area contributed by atoms with E-state index in [0.29, 0.717) is 22.8 Å². The third-order valence-corrected chi connectivity index (χ3v) is 7.42. The zero-order valence-corrected chi connectivity index (χ0v) is 17.0. The molecule has 2 aromatic carbocycles. The lowest BCUT2D eigenvalue weighted by atomic mass is 10.2. The van der Waals surface area contributed by atoms with E-state index < -0.39 is 15.1 Å². The Morgan fingerprint density at radius 3 is 2.36 bits per heavy atom. The van der Waals surface area contributed by atoms with E-state index in [1.807, 2.05) is 18.4 Å². The molecule has 0 unspecified atom stereocenters. The molecule has 5 nitrogen and oxygen atoms in total. The highest BCUT2D eigenvalue weighted by Crippen LogP contribution is 2.31. The third kappa shape index (κ3) is 4.61. The van der Waals surface area contributed by atoms with E-state index in [4.69, 9.17) is 4.74 Å². The number of hydrogen-bond acceptors (Lipinski definition) is 5. The van der Waals surface area contributed by atoms with Gasteiger partial charge in [-0.1, -0.05) is 24.3 Å². The van der Waals surface area contributed by atoms with Gasteiger partial charge >= 0.3 is 0 Å². The Morgan fingerprint density at radius 1 is 1.04 bits per heavy atom. The second-order valence-electron chi connectivity index (χ2n) is 6.03. The summed E-state index contributed by atoms with van der Waals surface area (Å²) in [6, 6.07) is 18.6. The fraction of sp³-hybridized carbons (Fsp3) is 0.190. The van der Waals surface area contributed by atoms with Crippen molar-refractivity contribution in [2.45, 2.75) is 17.1 Å². The normalized spacial score (nSPS) is 12.3.